The molecule has 0 aliphatic heterocycles. The van der Waals surface area contributed by atoms with E-state index in [1.165, 1.54) is 30.3 Å². The van der Waals surface area contributed by atoms with E-state index >= 15 is 0 Å². The Labute approximate surface area is 115 Å². The van der Waals surface area contributed by atoms with Gasteiger partial charge in [0.2, 0.25) is 0 Å². The summed E-state index contributed by atoms with van der Waals surface area (Å²) in [6.07, 6.45) is 4.32. The Kier molecular flexibility index (Phi) is 5.31. The molecule has 1 aromatic carbocycles. The maximum Gasteiger partial charge on any atom is 0.0702 e. The quantitative estimate of drug-likeness (QED) is 0.773. The maximum atomic E-state index is 4.33. The van der Waals surface area contributed by atoms with Crippen LogP contribution in [0.5, 0.6) is 0 Å². The van der Waals surface area contributed by atoms with Crippen molar-refractivity contribution in [2.45, 2.75) is 19.4 Å². The van der Waals surface area contributed by atoms with Crippen molar-refractivity contribution >= 4 is 10.9 Å². The fourth-order valence-corrected chi connectivity index (χ4v) is 2.15. The third-order valence-corrected chi connectivity index (χ3v) is 3.21. The van der Waals surface area contributed by atoms with Crippen LogP contribution >= 0.6 is 0 Å². The average Bonchev–Trinajstić information content (AvgIpc) is 2.42. The minimum Gasteiger partial charge on any atom is -0.313 e. The number of unbranched alkanes of at least 4 members (excludes halogenated alkanes) is 1. The van der Waals surface area contributed by atoms with E-state index in [2.05, 4.69) is 53.6 Å². The predicted molar refractivity (Wildman–Crippen MR) is 81.2 cm³/mol. The van der Waals surface area contributed by atoms with Gasteiger partial charge >= 0.3 is 0 Å². The molecule has 3 heteroatoms. The van der Waals surface area contributed by atoms with Gasteiger partial charge in [0, 0.05) is 18.1 Å². The molecule has 1 aromatic heterocycles. The van der Waals surface area contributed by atoms with E-state index < -0.39 is 0 Å². The van der Waals surface area contributed by atoms with E-state index in [0.29, 0.717) is 0 Å². The minimum absolute atomic E-state index is 0.937. The average molecular weight is 257 g/mol. The fourth-order valence-electron chi connectivity index (χ4n) is 2.15. The Balaban J connectivity index is 1.75. The van der Waals surface area contributed by atoms with Crippen LogP contribution in [-0.4, -0.2) is 37.1 Å². The first-order valence-corrected chi connectivity index (χ1v) is 6.95. The minimum atomic E-state index is 0.937. The molecule has 3 nitrogen and oxygen atoms in total. The second-order valence-corrected chi connectivity index (χ2v) is 5.22. The molecule has 0 atom stereocenters. The first kappa shape index (κ1) is 14.0. The summed E-state index contributed by atoms with van der Waals surface area (Å²) in [6, 6.07) is 10.6. The lowest BCUT2D eigenvalue weighted by molar-refractivity contribution is 0.391. The zero-order valence-electron chi connectivity index (χ0n) is 11.9. The van der Waals surface area contributed by atoms with Crippen LogP contribution in [0.15, 0.2) is 36.5 Å². The zero-order chi connectivity index (χ0) is 13.5. The molecule has 1 heterocycles. The highest BCUT2D eigenvalue weighted by Crippen LogP contribution is 2.13. The maximum absolute atomic E-state index is 4.33. The summed E-state index contributed by atoms with van der Waals surface area (Å²) in [5, 5.41) is 4.72. The molecule has 1 N–H and O–H groups in total. The molecule has 2 rings (SSSR count). The number of rotatable bonds is 7. The summed E-state index contributed by atoms with van der Waals surface area (Å²) in [5.41, 5.74) is 2.39. The molecule has 19 heavy (non-hydrogen) atoms. The van der Waals surface area contributed by atoms with Crippen LogP contribution in [0.3, 0.4) is 0 Å². The molecule has 102 valence electrons. The molecular weight excluding hydrogens is 234 g/mol. The van der Waals surface area contributed by atoms with Crippen LogP contribution in [-0.2, 0) is 6.54 Å². The van der Waals surface area contributed by atoms with Gasteiger partial charge in [0.1, 0.15) is 0 Å². The summed E-state index contributed by atoms with van der Waals surface area (Å²) in [7, 11) is 4.24. The van der Waals surface area contributed by atoms with Gasteiger partial charge in [-0.05, 0) is 63.8 Å². The summed E-state index contributed by atoms with van der Waals surface area (Å²) >= 11 is 0. The molecule has 0 bridgehead atoms. The molecule has 0 saturated carbocycles. The van der Waals surface area contributed by atoms with Crippen LogP contribution in [0.1, 0.15) is 18.4 Å². The third-order valence-electron chi connectivity index (χ3n) is 3.21. The van der Waals surface area contributed by atoms with Gasteiger partial charge in [-0.15, -0.1) is 0 Å². The molecular formula is C16H23N3. The SMILES string of the molecule is CN(C)CCCCNCc1ccc2ncccc2c1. The number of benzene rings is 1. The summed E-state index contributed by atoms with van der Waals surface area (Å²) < 4.78 is 0. The normalized spacial score (nSPS) is 11.3. The molecule has 0 unspecified atom stereocenters. The number of fused-ring (bicyclic) bond motifs is 1. The first-order valence-electron chi connectivity index (χ1n) is 6.95. The fraction of sp³-hybridized carbons (Fsp3) is 0.438. The van der Waals surface area contributed by atoms with Crippen molar-refractivity contribution in [3.63, 3.8) is 0 Å². The topological polar surface area (TPSA) is 28.2 Å². The Bertz CT molecular complexity index is 508. The lowest BCUT2D eigenvalue weighted by Gasteiger charge is -2.09. The lowest BCUT2D eigenvalue weighted by Crippen LogP contribution is -2.18. The van der Waals surface area contributed by atoms with E-state index in [9.17, 15) is 0 Å². The van der Waals surface area contributed by atoms with E-state index in [4.69, 9.17) is 0 Å². The molecule has 0 aliphatic rings. The Morgan fingerprint density at radius 2 is 2.05 bits per heavy atom. The van der Waals surface area contributed by atoms with E-state index in [1.807, 2.05) is 12.3 Å². The van der Waals surface area contributed by atoms with Crippen molar-refractivity contribution in [2.75, 3.05) is 27.2 Å². The summed E-state index contributed by atoms with van der Waals surface area (Å²) in [6.45, 7) is 3.19. The van der Waals surface area contributed by atoms with Gasteiger partial charge in [-0.1, -0.05) is 12.1 Å². The number of nitrogens with one attached hydrogen (secondary N) is 1. The highest BCUT2D eigenvalue weighted by atomic mass is 15.0. The smallest absolute Gasteiger partial charge is 0.0702 e. The third kappa shape index (κ3) is 4.62. The van der Waals surface area contributed by atoms with Crippen LogP contribution in [0, 0.1) is 0 Å². The van der Waals surface area contributed by atoms with Crippen molar-refractivity contribution in [3.8, 4) is 0 Å². The van der Waals surface area contributed by atoms with E-state index in [-0.39, 0.29) is 0 Å². The molecule has 0 aliphatic carbocycles. The van der Waals surface area contributed by atoms with Gasteiger partial charge in [-0.3, -0.25) is 4.98 Å². The first-order chi connectivity index (χ1) is 9.25. The number of hydrogen-bond acceptors (Lipinski definition) is 3. The number of pyridine rings is 1. The highest BCUT2D eigenvalue weighted by Gasteiger charge is 1.97. The van der Waals surface area contributed by atoms with Crippen molar-refractivity contribution in [1.82, 2.24) is 15.2 Å². The van der Waals surface area contributed by atoms with E-state index in [0.717, 1.165) is 18.6 Å². The Morgan fingerprint density at radius 1 is 1.16 bits per heavy atom. The Morgan fingerprint density at radius 3 is 2.89 bits per heavy atom. The van der Waals surface area contributed by atoms with Crippen molar-refractivity contribution < 1.29 is 0 Å². The van der Waals surface area contributed by atoms with Crippen LogP contribution in [0.4, 0.5) is 0 Å². The molecule has 0 spiro atoms. The van der Waals surface area contributed by atoms with Gasteiger partial charge in [0.25, 0.3) is 0 Å². The van der Waals surface area contributed by atoms with Gasteiger partial charge in [0.05, 0.1) is 5.52 Å². The molecule has 0 saturated heterocycles. The standard InChI is InChI=1S/C16H23N3/c1-19(2)11-4-3-9-17-13-14-7-8-16-15(12-14)6-5-10-18-16/h5-8,10,12,17H,3-4,9,11,13H2,1-2H3. The number of hydrogen-bond donors (Lipinski definition) is 1. The highest BCUT2D eigenvalue weighted by molar-refractivity contribution is 5.78. The Hall–Kier alpha value is -1.45. The van der Waals surface area contributed by atoms with Crippen molar-refractivity contribution in [2.24, 2.45) is 0 Å². The number of aromatic nitrogens is 1. The van der Waals surface area contributed by atoms with E-state index in [1.54, 1.807) is 0 Å². The second kappa shape index (κ2) is 7.22. The molecule has 0 fully saturated rings. The monoisotopic (exact) mass is 257 g/mol. The lowest BCUT2D eigenvalue weighted by atomic mass is 10.1. The van der Waals surface area contributed by atoms with Crippen LogP contribution in [0.2, 0.25) is 0 Å². The van der Waals surface area contributed by atoms with Gasteiger partial charge in [-0.25, -0.2) is 0 Å². The molecule has 2 aromatic rings. The summed E-state index contributed by atoms with van der Waals surface area (Å²) in [5.74, 6) is 0. The molecule has 0 radical (unpaired) electrons. The van der Waals surface area contributed by atoms with Crippen molar-refractivity contribution in [3.05, 3.63) is 42.1 Å². The van der Waals surface area contributed by atoms with Crippen LogP contribution < -0.4 is 5.32 Å². The van der Waals surface area contributed by atoms with Gasteiger partial charge in [-0.2, -0.15) is 0 Å². The van der Waals surface area contributed by atoms with Crippen molar-refractivity contribution in [1.29, 1.82) is 0 Å². The van der Waals surface area contributed by atoms with Crippen LogP contribution in [0.25, 0.3) is 10.9 Å². The van der Waals surface area contributed by atoms with Gasteiger partial charge in [0.15, 0.2) is 0 Å². The number of nitrogens with zero attached hydrogens (tertiary/aromatic N) is 2. The molecule has 0 amide bonds. The second-order valence-electron chi connectivity index (χ2n) is 5.22. The van der Waals surface area contributed by atoms with Gasteiger partial charge < -0.3 is 10.2 Å². The summed E-state index contributed by atoms with van der Waals surface area (Å²) in [4.78, 5) is 6.57. The zero-order valence-corrected chi connectivity index (χ0v) is 11.9. The predicted octanol–water partition coefficient (Wildman–Crippen LogP) is 2.67. The largest absolute Gasteiger partial charge is 0.313 e.